The largest absolute Gasteiger partial charge is 0.392 e. The molecule has 1 N–H and O–H groups in total. The molecule has 0 saturated carbocycles. The number of benzene rings is 1. The summed E-state index contributed by atoms with van der Waals surface area (Å²) < 4.78 is 0. The van der Waals surface area contributed by atoms with E-state index in [1.165, 1.54) is 5.56 Å². The molecule has 0 aliphatic heterocycles. The molecule has 0 unspecified atom stereocenters. The zero-order valence-corrected chi connectivity index (χ0v) is 7.75. The van der Waals surface area contributed by atoms with E-state index < -0.39 is 0 Å². The zero-order chi connectivity index (χ0) is 9.68. The average Bonchev–Trinajstić information content (AvgIpc) is 2.15. The lowest BCUT2D eigenvalue weighted by atomic mass is 10.0. The van der Waals surface area contributed by atoms with Crippen molar-refractivity contribution < 1.29 is 5.11 Å². The van der Waals surface area contributed by atoms with E-state index in [-0.39, 0.29) is 6.61 Å². The number of hydrogen-bond donors (Lipinski definition) is 1. The van der Waals surface area contributed by atoms with E-state index in [1.807, 2.05) is 25.1 Å². The van der Waals surface area contributed by atoms with Crippen molar-refractivity contribution in [1.82, 2.24) is 0 Å². The smallest absolute Gasteiger partial charge is 0.0684 e. The number of nitriles is 1. The molecule has 2 heteroatoms. The normalized spacial score (nSPS) is 9.62. The first kappa shape index (κ1) is 9.76. The summed E-state index contributed by atoms with van der Waals surface area (Å²) in [6, 6.07) is 8.03. The number of nitrogens with zero attached hydrogens (tertiary/aromatic N) is 1. The molecule has 1 rings (SSSR count). The van der Waals surface area contributed by atoms with Crippen LogP contribution in [0.2, 0.25) is 0 Å². The maximum absolute atomic E-state index is 9.03. The van der Waals surface area contributed by atoms with Crippen molar-refractivity contribution >= 4 is 0 Å². The van der Waals surface area contributed by atoms with Gasteiger partial charge in [-0.25, -0.2) is 0 Å². The Balaban J connectivity index is 2.89. The van der Waals surface area contributed by atoms with Gasteiger partial charge in [-0.15, -0.1) is 0 Å². The first-order valence-electron chi connectivity index (χ1n) is 4.34. The van der Waals surface area contributed by atoms with Gasteiger partial charge in [0.2, 0.25) is 0 Å². The van der Waals surface area contributed by atoms with Gasteiger partial charge in [0.15, 0.2) is 0 Å². The summed E-state index contributed by atoms with van der Waals surface area (Å²) in [6.07, 6.45) is 1.24. The monoisotopic (exact) mass is 175 g/mol. The Labute approximate surface area is 78.4 Å². The van der Waals surface area contributed by atoms with E-state index in [1.54, 1.807) is 0 Å². The van der Waals surface area contributed by atoms with E-state index in [4.69, 9.17) is 10.4 Å². The Hall–Kier alpha value is -1.33. The fourth-order valence-electron chi connectivity index (χ4n) is 1.33. The minimum Gasteiger partial charge on any atom is -0.392 e. The highest BCUT2D eigenvalue weighted by Crippen LogP contribution is 2.13. The molecule has 68 valence electrons. The van der Waals surface area contributed by atoms with E-state index >= 15 is 0 Å². The summed E-state index contributed by atoms with van der Waals surface area (Å²) in [4.78, 5) is 0. The third-order valence-electron chi connectivity index (χ3n) is 2.04. The van der Waals surface area contributed by atoms with Crippen LogP contribution in [0.1, 0.15) is 23.1 Å². The van der Waals surface area contributed by atoms with Gasteiger partial charge >= 0.3 is 0 Å². The lowest BCUT2D eigenvalue weighted by Crippen LogP contribution is -1.94. The maximum Gasteiger partial charge on any atom is 0.0684 e. The average molecular weight is 175 g/mol. The second-order valence-corrected chi connectivity index (χ2v) is 3.09. The second kappa shape index (κ2) is 4.64. The number of aliphatic hydroxyl groups excluding tert-OH is 1. The van der Waals surface area contributed by atoms with Crippen LogP contribution in [-0.2, 0) is 13.0 Å². The van der Waals surface area contributed by atoms with Gasteiger partial charge in [-0.3, -0.25) is 0 Å². The van der Waals surface area contributed by atoms with Crippen LogP contribution in [0.15, 0.2) is 18.2 Å². The van der Waals surface area contributed by atoms with Crippen molar-refractivity contribution in [2.24, 2.45) is 0 Å². The Bertz CT molecular complexity index is 325. The first-order chi connectivity index (χ1) is 6.27. The lowest BCUT2D eigenvalue weighted by molar-refractivity contribution is 0.280. The minimum atomic E-state index is 0.0566. The summed E-state index contributed by atoms with van der Waals surface area (Å²) in [5.74, 6) is 0. The molecule has 2 nitrogen and oxygen atoms in total. The molecular formula is C11H13NO. The molecule has 1 aromatic carbocycles. The van der Waals surface area contributed by atoms with Crippen molar-refractivity contribution in [2.45, 2.75) is 26.4 Å². The van der Waals surface area contributed by atoms with Crippen molar-refractivity contribution in [3.63, 3.8) is 0 Å². The van der Waals surface area contributed by atoms with Crippen LogP contribution in [0.3, 0.4) is 0 Å². The van der Waals surface area contributed by atoms with Crippen LogP contribution in [0.5, 0.6) is 0 Å². The Morgan fingerprint density at radius 3 is 2.77 bits per heavy atom. The molecule has 13 heavy (non-hydrogen) atoms. The first-order valence-corrected chi connectivity index (χ1v) is 4.34. The highest BCUT2D eigenvalue weighted by atomic mass is 16.3. The molecule has 1 aromatic rings. The van der Waals surface area contributed by atoms with Crippen LogP contribution in [-0.4, -0.2) is 5.11 Å². The molecule has 0 amide bonds. The van der Waals surface area contributed by atoms with Gasteiger partial charge in [-0.05, 0) is 24.5 Å². The van der Waals surface area contributed by atoms with Gasteiger partial charge in [0.05, 0.1) is 12.7 Å². The van der Waals surface area contributed by atoms with Gasteiger partial charge in [0, 0.05) is 6.42 Å². The SMILES string of the molecule is Cc1ccc(CO)c(CCC#N)c1. The van der Waals surface area contributed by atoms with Crippen LogP contribution < -0.4 is 0 Å². The van der Waals surface area contributed by atoms with Crippen LogP contribution in [0.4, 0.5) is 0 Å². The van der Waals surface area contributed by atoms with Gasteiger partial charge in [-0.1, -0.05) is 23.8 Å². The summed E-state index contributed by atoms with van der Waals surface area (Å²) >= 11 is 0. The van der Waals surface area contributed by atoms with Crippen LogP contribution >= 0.6 is 0 Å². The molecule has 0 radical (unpaired) electrons. The third-order valence-corrected chi connectivity index (χ3v) is 2.04. The number of hydrogen-bond acceptors (Lipinski definition) is 2. The van der Waals surface area contributed by atoms with Gasteiger partial charge < -0.3 is 5.11 Å². The standard InChI is InChI=1S/C11H13NO/c1-9-4-5-11(8-13)10(7-9)3-2-6-12/h4-5,7,13H,2-3,8H2,1H3. The molecular weight excluding hydrogens is 162 g/mol. The van der Waals surface area contributed by atoms with Crippen LogP contribution in [0.25, 0.3) is 0 Å². The molecule has 0 aromatic heterocycles. The van der Waals surface area contributed by atoms with Crippen LogP contribution in [0, 0.1) is 18.3 Å². The van der Waals surface area contributed by atoms with E-state index in [0.717, 1.165) is 17.5 Å². The number of rotatable bonds is 3. The summed E-state index contributed by atoms with van der Waals surface area (Å²) in [7, 11) is 0. The summed E-state index contributed by atoms with van der Waals surface area (Å²) in [5, 5.41) is 17.5. The quantitative estimate of drug-likeness (QED) is 0.763. The predicted molar refractivity (Wildman–Crippen MR) is 51.0 cm³/mol. The molecule has 0 spiro atoms. The molecule has 0 fully saturated rings. The molecule has 0 atom stereocenters. The highest BCUT2D eigenvalue weighted by molar-refractivity contribution is 5.31. The summed E-state index contributed by atoms with van der Waals surface area (Å²) in [5.41, 5.74) is 3.19. The fraction of sp³-hybridized carbons (Fsp3) is 0.364. The Kier molecular flexibility index (Phi) is 3.48. The van der Waals surface area contributed by atoms with Crippen molar-refractivity contribution in [1.29, 1.82) is 5.26 Å². The fourth-order valence-corrected chi connectivity index (χ4v) is 1.33. The predicted octanol–water partition coefficient (Wildman–Crippen LogP) is 1.94. The molecule has 0 aliphatic rings. The van der Waals surface area contributed by atoms with Gasteiger partial charge in [0.1, 0.15) is 0 Å². The van der Waals surface area contributed by atoms with Crippen molar-refractivity contribution in [3.05, 3.63) is 34.9 Å². The van der Waals surface area contributed by atoms with Gasteiger partial charge in [-0.2, -0.15) is 5.26 Å². The molecule has 0 aliphatic carbocycles. The highest BCUT2D eigenvalue weighted by Gasteiger charge is 2.00. The maximum atomic E-state index is 9.03. The summed E-state index contributed by atoms with van der Waals surface area (Å²) in [6.45, 7) is 2.07. The third kappa shape index (κ3) is 2.57. The molecule has 0 heterocycles. The second-order valence-electron chi connectivity index (χ2n) is 3.09. The van der Waals surface area contributed by atoms with E-state index in [0.29, 0.717) is 6.42 Å². The lowest BCUT2D eigenvalue weighted by Gasteiger charge is -2.06. The van der Waals surface area contributed by atoms with Gasteiger partial charge in [0.25, 0.3) is 0 Å². The molecule has 0 saturated heterocycles. The number of aliphatic hydroxyl groups is 1. The minimum absolute atomic E-state index is 0.0566. The van der Waals surface area contributed by atoms with E-state index in [9.17, 15) is 0 Å². The van der Waals surface area contributed by atoms with E-state index in [2.05, 4.69) is 6.07 Å². The Morgan fingerprint density at radius 2 is 2.15 bits per heavy atom. The number of aryl methyl sites for hydroxylation is 2. The molecule has 0 bridgehead atoms. The zero-order valence-electron chi connectivity index (χ0n) is 7.75. The Morgan fingerprint density at radius 1 is 1.38 bits per heavy atom. The van der Waals surface area contributed by atoms with Crippen molar-refractivity contribution in [2.75, 3.05) is 0 Å². The van der Waals surface area contributed by atoms with Crippen molar-refractivity contribution in [3.8, 4) is 6.07 Å². The topological polar surface area (TPSA) is 44.0 Å².